The zero-order valence-corrected chi connectivity index (χ0v) is 13.3. The Morgan fingerprint density at radius 2 is 1.83 bits per heavy atom. The number of nitrogens with two attached hydrogens (primary N) is 1. The van der Waals surface area contributed by atoms with Crippen LogP contribution in [0.1, 0.15) is 0 Å². The number of aromatic nitrogens is 2. The van der Waals surface area contributed by atoms with E-state index in [0.29, 0.717) is 39.5 Å². The molecule has 23 heavy (non-hydrogen) atoms. The quantitative estimate of drug-likeness (QED) is 0.734. The predicted molar refractivity (Wildman–Crippen MR) is 87.7 cm³/mol. The van der Waals surface area contributed by atoms with Crippen molar-refractivity contribution in [2.45, 2.75) is 0 Å². The number of halogens is 1. The highest BCUT2D eigenvalue weighted by Gasteiger charge is 2.15. The molecule has 3 aromatic rings. The zero-order valence-electron chi connectivity index (χ0n) is 12.5. The molecule has 0 aliphatic carbocycles. The molecule has 0 amide bonds. The fourth-order valence-corrected chi connectivity index (χ4v) is 2.40. The molecular weight excluding hydrogens is 318 g/mol. The fraction of sp³-hybridized carbons (Fsp3) is 0.125. The molecule has 0 atom stereocenters. The third-order valence-corrected chi connectivity index (χ3v) is 3.60. The normalized spacial score (nSPS) is 10.6. The summed E-state index contributed by atoms with van der Waals surface area (Å²) in [6, 6.07) is 10.5. The van der Waals surface area contributed by atoms with Crippen molar-refractivity contribution in [3.05, 3.63) is 41.4 Å². The Balaban J connectivity index is 1.99. The van der Waals surface area contributed by atoms with E-state index in [-0.39, 0.29) is 0 Å². The van der Waals surface area contributed by atoms with E-state index in [1.165, 1.54) is 0 Å². The number of nitrogen functional groups attached to an aromatic ring is 1. The number of rotatable bonds is 4. The summed E-state index contributed by atoms with van der Waals surface area (Å²) in [5.74, 6) is 1.96. The van der Waals surface area contributed by atoms with Crippen LogP contribution in [0.2, 0.25) is 5.02 Å². The van der Waals surface area contributed by atoms with Gasteiger partial charge in [0.2, 0.25) is 5.82 Å². The van der Waals surface area contributed by atoms with Crippen LogP contribution in [0.25, 0.3) is 22.8 Å². The number of anilines is 1. The van der Waals surface area contributed by atoms with Crippen molar-refractivity contribution in [2.24, 2.45) is 0 Å². The number of benzene rings is 2. The minimum Gasteiger partial charge on any atom is -0.493 e. The van der Waals surface area contributed by atoms with Gasteiger partial charge in [0.15, 0.2) is 11.5 Å². The smallest absolute Gasteiger partial charge is 0.259 e. The Bertz CT molecular complexity index is 848. The summed E-state index contributed by atoms with van der Waals surface area (Å²) in [5, 5.41) is 4.44. The van der Waals surface area contributed by atoms with E-state index in [9.17, 15) is 0 Å². The van der Waals surface area contributed by atoms with Gasteiger partial charge < -0.3 is 19.7 Å². The second-order valence-electron chi connectivity index (χ2n) is 4.73. The van der Waals surface area contributed by atoms with Crippen molar-refractivity contribution in [3.63, 3.8) is 0 Å². The molecule has 7 heteroatoms. The van der Waals surface area contributed by atoms with Gasteiger partial charge in [-0.2, -0.15) is 4.98 Å². The van der Waals surface area contributed by atoms with E-state index in [2.05, 4.69) is 10.1 Å². The van der Waals surface area contributed by atoms with Crippen molar-refractivity contribution in [2.75, 3.05) is 20.0 Å². The largest absolute Gasteiger partial charge is 0.493 e. The van der Waals surface area contributed by atoms with Crippen LogP contribution in [0.3, 0.4) is 0 Å². The summed E-state index contributed by atoms with van der Waals surface area (Å²) in [5.41, 5.74) is 7.62. The molecule has 1 aromatic heterocycles. The van der Waals surface area contributed by atoms with E-state index >= 15 is 0 Å². The molecule has 2 N–H and O–H groups in total. The topological polar surface area (TPSA) is 83.4 Å². The lowest BCUT2D eigenvalue weighted by atomic mass is 10.2. The zero-order chi connectivity index (χ0) is 16.4. The van der Waals surface area contributed by atoms with Crippen LogP contribution >= 0.6 is 11.6 Å². The average molecular weight is 332 g/mol. The standard InChI is InChI=1S/C16H14ClN3O3/c1-21-13-6-3-9(7-14(13)22-2)15-19-16(23-20-15)11-5-4-10(18)8-12(11)17/h3-8H,18H2,1-2H3. The highest BCUT2D eigenvalue weighted by molar-refractivity contribution is 6.33. The molecule has 118 valence electrons. The first kappa shape index (κ1) is 15.2. The molecular formula is C16H14ClN3O3. The second kappa shape index (κ2) is 6.18. The van der Waals surface area contributed by atoms with Crippen LogP contribution < -0.4 is 15.2 Å². The number of hydrogen-bond acceptors (Lipinski definition) is 6. The Kier molecular flexibility index (Phi) is 4.08. The van der Waals surface area contributed by atoms with Gasteiger partial charge in [-0.15, -0.1) is 0 Å². The Morgan fingerprint density at radius 3 is 2.52 bits per heavy atom. The molecule has 0 fully saturated rings. The van der Waals surface area contributed by atoms with Gasteiger partial charge >= 0.3 is 0 Å². The van der Waals surface area contributed by atoms with E-state index in [1.54, 1.807) is 44.6 Å². The van der Waals surface area contributed by atoms with Crippen LogP contribution in [0.5, 0.6) is 11.5 Å². The molecule has 0 saturated carbocycles. The van der Waals surface area contributed by atoms with Gasteiger partial charge in [0.25, 0.3) is 5.89 Å². The van der Waals surface area contributed by atoms with Gasteiger partial charge in [-0.1, -0.05) is 16.8 Å². The summed E-state index contributed by atoms with van der Waals surface area (Å²) < 4.78 is 15.8. The van der Waals surface area contributed by atoms with Crippen molar-refractivity contribution in [3.8, 4) is 34.3 Å². The van der Waals surface area contributed by atoms with E-state index in [0.717, 1.165) is 5.56 Å². The van der Waals surface area contributed by atoms with Crippen LogP contribution in [0.15, 0.2) is 40.9 Å². The van der Waals surface area contributed by atoms with Crippen LogP contribution in [-0.2, 0) is 0 Å². The molecule has 3 rings (SSSR count). The monoisotopic (exact) mass is 331 g/mol. The first-order valence-corrected chi connectivity index (χ1v) is 7.11. The Hall–Kier alpha value is -2.73. The van der Waals surface area contributed by atoms with Crippen LogP contribution in [0, 0.1) is 0 Å². The molecule has 0 saturated heterocycles. The van der Waals surface area contributed by atoms with E-state index in [1.807, 2.05) is 6.07 Å². The van der Waals surface area contributed by atoms with Crippen molar-refractivity contribution >= 4 is 17.3 Å². The fourth-order valence-electron chi connectivity index (χ4n) is 2.13. The first-order valence-electron chi connectivity index (χ1n) is 6.74. The SMILES string of the molecule is COc1ccc(-c2noc(-c3ccc(N)cc3Cl)n2)cc1OC. The average Bonchev–Trinajstić information content (AvgIpc) is 3.03. The first-order chi connectivity index (χ1) is 11.1. The number of ether oxygens (including phenoxy) is 2. The van der Waals surface area contributed by atoms with Crippen LogP contribution in [0.4, 0.5) is 5.69 Å². The van der Waals surface area contributed by atoms with Crippen LogP contribution in [-0.4, -0.2) is 24.4 Å². The number of nitrogens with zero attached hydrogens (tertiary/aromatic N) is 2. The van der Waals surface area contributed by atoms with Gasteiger partial charge in [-0.25, -0.2) is 0 Å². The van der Waals surface area contributed by atoms with Crippen molar-refractivity contribution < 1.29 is 14.0 Å². The van der Waals surface area contributed by atoms with Gasteiger partial charge in [0, 0.05) is 11.3 Å². The number of methoxy groups -OCH3 is 2. The van der Waals surface area contributed by atoms with Gasteiger partial charge in [-0.05, 0) is 36.4 Å². The summed E-state index contributed by atoms with van der Waals surface area (Å²) in [4.78, 5) is 4.37. The molecule has 0 unspecified atom stereocenters. The van der Waals surface area contributed by atoms with Crippen molar-refractivity contribution in [1.29, 1.82) is 0 Å². The van der Waals surface area contributed by atoms with Gasteiger partial charge in [-0.3, -0.25) is 0 Å². The maximum absolute atomic E-state index is 6.16. The molecule has 0 aliphatic heterocycles. The lowest BCUT2D eigenvalue weighted by Gasteiger charge is -2.07. The molecule has 0 bridgehead atoms. The molecule has 0 radical (unpaired) electrons. The van der Waals surface area contributed by atoms with Gasteiger partial charge in [0.05, 0.1) is 24.8 Å². The predicted octanol–water partition coefficient (Wildman–Crippen LogP) is 3.66. The molecule has 6 nitrogen and oxygen atoms in total. The second-order valence-corrected chi connectivity index (χ2v) is 5.14. The summed E-state index contributed by atoms with van der Waals surface area (Å²) >= 11 is 6.16. The number of hydrogen-bond donors (Lipinski definition) is 1. The summed E-state index contributed by atoms with van der Waals surface area (Å²) in [7, 11) is 3.14. The summed E-state index contributed by atoms with van der Waals surface area (Å²) in [6.07, 6.45) is 0. The minimum atomic E-state index is 0.319. The maximum Gasteiger partial charge on any atom is 0.259 e. The Morgan fingerprint density at radius 1 is 1.04 bits per heavy atom. The lowest BCUT2D eigenvalue weighted by molar-refractivity contribution is 0.355. The van der Waals surface area contributed by atoms with Gasteiger partial charge in [0.1, 0.15) is 0 Å². The molecule has 0 spiro atoms. The molecule has 1 heterocycles. The highest BCUT2D eigenvalue weighted by Crippen LogP contribution is 2.33. The lowest BCUT2D eigenvalue weighted by Crippen LogP contribution is -1.91. The minimum absolute atomic E-state index is 0.319. The Labute approximate surface area is 137 Å². The molecule has 0 aliphatic rings. The molecule has 2 aromatic carbocycles. The third-order valence-electron chi connectivity index (χ3n) is 3.29. The van der Waals surface area contributed by atoms with E-state index < -0.39 is 0 Å². The van der Waals surface area contributed by atoms with Crippen molar-refractivity contribution in [1.82, 2.24) is 10.1 Å². The highest BCUT2D eigenvalue weighted by atomic mass is 35.5. The third kappa shape index (κ3) is 2.93. The summed E-state index contributed by atoms with van der Waals surface area (Å²) in [6.45, 7) is 0. The maximum atomic E-state index is 6.16. The van der Waals surface area contributed by atoms with E-state index in [4.69, 9.17) is 31.3 Å².